The fraction of sp³-hybridized carbons (Fsp3) is 0. The second-order valence-corrected chi connectivity index (χ2v) is 7.47. The Hall–Kier alpha value is -4.63. The lowest BCUT2D eigenvalue weighted by Gasteiger charge is -2.01. The third kappa shape index (κ3) is 3.10. The summed E-state index contributed by atoms with van der Waals surface area (Å²) in [4.78, 5) is 41.9. The monoisotopic (exact) mass is 503 g/mol. The van der Waals surface area contributed by atoms with Crippen LogP contribution in [0.15, 0.2) is 24.8 Å². The Morgan fingerprint density at radius 2 is 1.44 bits per heavy atom. The number of fused-ring (bicyclic) bond motifs is 2. The second kappa shape index (κ2) is 7.46. The number of hydrogen-bond donors (Lipinski definition) is 3. The highest BCUT2D eigenvalue weighted by Gasteiger charge is 2.29. The van der Waals surface area contributed by atoms with E-state index in [-0.39, 0.29) is 43.9 Å². The van der Waals surface area contributed by atoms with Crippen LogP contribution in [-0.4, -0.2) is 66.5 Å². The lowest BCUT2D eigenvalue weighted by molar-refractivity contribution is -0.383. The fourth-order valence-electron chi connectivity index (χ4n) is 3.26. The molecule has 5 aromatic rings. The van der Waals surface area contributed by atoms with E-state index >= 15 is 0 Å². The Bertz CT molecular complexity index is 1570. The molecule has 0 saturated carbocycles. The van der Waals surface area contributed by atoms with E-state index in [1.165, 1.54) is 24.8 Å². The van der Waals surface area contributed by atoms with Crippen LogP contribution >= 0.6 is 23.2 Å². The van der Waals surface area contributed by atoms with Crippen molar-refractivity contribution in [3.8, 4) is 22.5 Å². The third-order valence-electron chi connectivity index (χ3n) is 4.72. The highest BCUT2D eigenvalue weighted by Crippen LogP contribution is 2.37. The smallest absolute Gasteiger partial charge is 0.358 e. The van der Waals surface area contributed by atoms with Crippen LogP contribution in [0.1, 0.15) is 21.0 Å². The summed E-state index contributed by atoms with van der Waals surface area (Å²) in [5.74, 6) is -2.72. The molecule has 170 valence electrons. The number of H-pyrrole nitrogens is 1. The van der Waals surface area contributed by atoms with Gasteiger partial charge in [0.05, 0.1) is 4.92 Å². The van der Waals surface area contributed by atoms with Gasteiger partial charge in [-0.25, -0.2) is 28.6 Å². The zero-order valence-electron chi connectivity index (χ0n) is 16.2. The number of carbonyl (C=O) groups is 2. The summed E-state index contributed by atoms with van der Waals surface area (Å²) in [5.41, 5.74) is -1.09. The van der Waals surface area contributed by atoms with E-state index in [4.69, 9.17) is 23.2 Å². The van der Waals surface area contributed by atoms with Gasteiger partial charge in [-0.2, -0.15) is 15.3 Å². The standard InChI is InChI=1S/C17H7Cl2N9O6/c18-7-11(16(29)30)24-26-3-5(1-20-14(7)26)9-13(28(33)34)10(23-22-9)6-2-21-15-8(19)12(17(31)32)25-27(15)4-6/h1-4H,(H,22,23)(H,29,30)(H,31,32). The second-order valence-electron chi connectivity index (χ2n) is 6.71. The van der Waals surface area contributed by atoms with Gasteiger partial charge in [0.15, 0.2) is 28.4 Å². The Morgan fingerprint density at radius 3 is 1.94 bits per heavy atom. The van der Waals surface area contributed by atoms with Gasteiger partial charge in [-0.1, -0.05) is 23.2 Å². The molecule has 34 heavy (non-hydrogen) atoms. The number of aromatic amines is 1. The van der Waals surface area contributed by atoms with Crippen LogP contribution in [0.3, 0.4) is 0 Å². The van der Waals surface area contributed by atoms with Crippen LogP contribution in [0, 0.1) is 10.1 Å². The predicted molar refractivity (Wildman–Crippen MR) is 113 cm³/mol. The molecule has 0 aliphatic heterocycles. The molecule has 0 saturated heterocycles. The third-order valence-corrected chi connectivity index (χ3v) is 5.42. The Morgan fingerprint density at radius 1 is 0.941 bits per heavy atom. The number of aromatic nitrogens is 8. The molecule has 0 aliphatic carbocycles. The Labute approximate surface area is 195 Å². The average Bonchev–Trinajstić information content (AvgIpc) is 3.47. The van der Waals surface area contributed by atoms with Gasteiger partial charge in [0.2, 0.25) is 0 Å². The van der Waals surface area contributed by atoms with Crippen molar-refractivity contribution in [3.05, 3.63) is 56.3 Å². The molecule has 0 aromatic carbocycles. The van der Waals surface area contributed by atoms with Gasteiger partial charge in [0, 0.05) is 35.9 Å². The van der Waals surface area contributed by atoms with Crippen LogP contribution < -0.4 is 0 Å². The van der Waals surface area contributed by atoms with Crippen LogP contribution in [0.5, 0.6) is 0 Å². The summed E-state index contributed by atoms with van der Waals surface area (Å²) >= 11 is 12.0. The van der Waals surface area contributed by atoms with Gasteiger partial charge in [0.1, 0.15) is 15.7 Å². The maximum atomic E-state index is 11.9. The minimum Gasteiger partial charge on any atom is -0.476 e. The van der Waals surface area contributed by atoms with Crippen LogP contribution in [-0.2, 0) is 0 Å². The van der Waals surface area contributed by atoms with E-state index in [0.29, 0.717) is 0 Å². The number of carboxylic acid groups (broad SMARTS) is 2. The molecule has 0 fully saturated rings. The summed E-state index contributed by atoms with van der Waals surface area (Å²) in [6, 6.07) is 0. The van der Waals surface area contributed by atoms with E-state index in [9.17, 15) is 29.9 Å². The highest BCUT2D eigenvalue weighted by molar-refractivity contribution is 6.36. The van der Waals surface area contributed by atoms with Crippen molar-refractivity contribution >= 4 is 52.1 Å². The van der Waals surface area contributed by atoms with Crippen molar-refractivity contribution in [2.45, 2.75) is 0 Å². The zero-order chi connectivity index (χ0) is 24.3. The molecule has 0 radical (unpaired) electrons. The summed E-state index contributed by atoms with van der Waals surface area (Å²) in [7, 11) is 0. The first-order chi connectivity index (χ1) is 16.2. The molecule has 0 amide bonds. The predicted octanol–water partition coefficient (Wildman–Crippen LogP) is 2.44. The minimum absolute atomic E-state index is 0.0423. The van der Waals surface area contributed by atoms with Gasteiger partial charge in [-0.05, 0) is 0 Å². The molecule has 0 aliphatic rings. The lowest BCUT2D eigenvalue weighted by Crippen LogP contribution is -1.99. The van der Waals surface area contributed by atoms with E-state index in [1.807, 2.05) is 0 Å². The number of carboxylic acids is 2. The van der Waals surface area contributed by atoms with Crippen molar-refractivity contribution in [1.82, 2.24) is 39.4 Å². The zero-order valence-corrected chi connectivity index (χ0v) is 17.7. The summed E-state index contributed by atoms with van der Waals surface area (Å²) in [6.45, 7) is 0. The number of rotatable bonds is 5. The molecule has 5 heterocycles. The summed E-state index contributed by atoms with van der Waals surface area (Å²) < 4.78 is 2.16. The first kappa shape index (κ1) is 21.2. The van der Waals surface area contributed by atoms with Gasteiger partial charge in [-0.15, -0.1) is 0 Å². The number of halogens is 2. The van der Waals surface area contributed by atoms with E-state index < -0.39 is 33.9 Å². The van der Waals surface area contributed by atoms with Gasteiger partial charge >= 0.3 is 17.6 Å². The van der Waals surface area contributed by atoms with E-state index in [0.717, 1.165) is 9.03 Å². The largest absolute Gasteiger partial charge is 0.476 e. The first-order valence-electron chi connectivity index (χ1n) is 8.95. The molecule has 0 spiro atoms. The molecule has 17 heteroatoms. The summed E-state index contributed by atoms with van der Waals surface area (Å²) in [5, 5.41) is 44.2. The number of hydrogen-bond acceptors (Lipinski definition) is 9. The maximum Gasteiger partial charge on any atom is 0.358 e. The number of nitrogens with one attached hydrogen (secondary N) is 1. The molecule has 3 N–H and O–H groups in total. The molecule has 0 bridgehead atoms. The normalized spacial score (nSPS) is 11.4. The average molecular weight is 504 g/mol. The highest BCUT2D eigenvalue weighted by atomic mass is 35.5. The van der Waals surface area contributed by atoms with Crippen molar-refractivity contribution in [2.24, 2.45) is 0 Å². The molecule has 5 aromatic heterocycles. The van der Waals surface area contributed by atoms with Gasteiger partial charge in [0.25, 0.3) is 0 Å². The molecule has 15 nitrogen and oxygen atoms in total. The van der Waals surface area contributed by atoms with Crippen molar-refractivity contribution in [3.63, 3.8) is 0 Å². The molecule has 0 unspecified atom stereocenters. The molecule has 0 atom stereocenters. The van der Waals surface area contributed by atoms with Gasteiger partial charge < -0.3 is 10.2 Å². The molecule has 5 rings (SSSR count). The van der Waals surface area contributed by atoms with Crippen LogP contribution in [0.2, 0.25) is 10.0 Å². The first-order valence-corrected chi connectivity index (χ1v) is 9.70. The van der Waals surface area contributed by atoms with Crippen molar-refractivity contribution < 1.29 is 24.7 Å². The van der Waals surface area contributed by atoms with Gasteiger partial charge in [-0.3, -0.25) is 15.2 Å². The Kier molecular flexibility index (Phi) is 4.66. The Balaban J connectivity index is 1.66. The number of nitrogens with zero attached hydrogens (tertiary/aromatic N) is 8. The summed E-state index contributed by atoms with van der Waals surface area (Å²) in [6.07, 6.45) is 5.07. The van der Waals surface area contributed by atoms with E-state index in [2.05, 4.69) is 30.4 Å². The fourth-order valence-corrected chi connectivity index (χ4v) is 3.76. The minimum atomic E-state index is -1.36. The molecular formula is C17H7Cl2N9O6. The lowest BCUT2D eigenvalue weighted by atomic mass is 10.1. The molecular weight excluding hydrogens is 497 g/mol. The van der Waals surface area contributed by atoms with Crippen LogP contribution in [0.25, 0.3) is 33.8 Å². The number of nitro groups is 1. The van der Waals surface area contributed by atoms with Crippen molar-refractivity contribution in [2.75, 3.05) is 0 Å². The van der Waals surface area contributed by atoms with Crippen molar-refractivity contribution in [1.29, 1.82) is 0 Å². The quantitative estimate of drug-likeness (QED) is 0.234. The topological polar surface area (TPSA) is 207 Å². The van der Waals surface area contributed by atoms with Crippen LogP contribution in [0.4, 0.5) is 5.69 Å². The SMILES string of the molecule is O=C(O)c1nn2cc(-c3n[nH]c(-c4cnc5c(Cl)c(C(=O)O)nn5c4)c3[N+](=O)[O-])cnc2c1Cl. The van der Waals surface area contributed by atoms with E-state index in [1.54, 1.807) is 0 Å². The maximum absolute atomic E-state index is 11.9. The number of aromatic carboxylic acids is 2.